The Kier molecular flexibility index (Phi) is 5.02. The van der Waals surface area contributed by atoms with E-state index in [0.29, 0.717) is 6.54 Å². The van der Waals surface area contributed by atoms with E-state index < -0.39 is 0 Å². The fraction of sp³-hybridized carbons (Fsp3) is 0.0526. The van der Waals surface area contributed by atoms with E-state index in [0.717, 1.165) is 21.7 Å². The Hall–Kier alpha value is -2.11. The van der Waals surface area contributed by atoms with Gasteiger partial charge in [-0.2, -0.15) is 0 Å². The number of rotatable bonds is 3. The zero-order chi connectivity index (χ0) is 15.6. The van der Waals surface area contributed by atoms with Crippen molar-refractivity contribution in [3.8, 4) is 10.6 Å². The Balaban J connectivity index is 0.00000169. The smallest absolute Gasteiger partial charge is 0.173 e. The molecule has 0 aliphatic rings. The average Bonchev–Trinajstić information content (AvgIpc) is 2.99. The predicted octanol–water partition coefficient (Wildman–Crippen LogP) is 1.44. The highest BCUT2D eigenvalue weighted by Gasteiger charge is 2.09. The van der Waals surface area contributed by atoms with Crippen LogP contribution in [0, 0.1) is 5.82 Å². The highest BCUT2D eigenvalue weighted by Crippen LogP contribution is 2.29. The molecule has 0 bridgehead atoms. The van der Waals surface area contributed by atoms with Crippen LogP contribution >= 0.6 is 11.3 Å². The lowest BCUT2D eigenvalue weighted by molar-refractivity contribution is -0.688. The number of benzene rings is 2. The molecule has 2 heterocycles. The highest BCUT2D eigenvalue weighted by molar-refractivity contribution is 7.21. The second kappa shape index (κ2) is 7.20. The van der Waals surface area contributed by atoms with Crippen LogP contribution in [0.1, 0.15) is 5.56 Å². The fourth-order valence-electron chi connectivity index (χ4n) is 2.55. The number of para-hydroxylation sites is 1. The van der Waals surface area contributed by atoms with Gasteiger partial charge in [-0.25, -0.2) is 13.9 Å². The summed E-state index contributed by atoms with van der Waals surface area (Å²) >= 11 is 1.69. The molecule has 4 aromatic rings. The van der Waals surface area contributed by atoms with Gasteiger partial charge < -0.3 is 17.0 Å². The summed E-state index contributed by atoms with van der Waals surface area (Å²) in [5.41, 5.74) is 3.08. The number of fused-ring (bicyclic) bond motifs is 1. The van der Waals surface area contributed by atoms with Crippen LogP contribution in [0.25, 0.3) is 20.8 Å². The molecule has 2 aromatic heterocycles. The quantitative estimate of drug-likeness (QED) is 0.475. The SMILES string of the molecule is Fc1cccc(C[n+]2ccc(-c3nc4ccccc4s3)cc2)c1.[Br-]. The molecule has 0 unspecified atom stereocenters. The van der Waals surface area contributed by atoms with E-state index in [1.165, 1.54) is 10.8 Å². The minimum Gasteiger partial charge on any atom is -1.00 e. The molecule has 0 amide bonds. The monoisotopic (exact) mass is 400 g/mol. The molecule has 0 atom stereocenters. The maximum Gasteiger partial charge on any atom is 0.173 e. The number of hydrogen-bond acceptors (Lipinski definition) is 2. The van der Waals surface area contributed by atoms with Crippen molar-refractivity contribution in [1.82, 2.24) is 4.98 Å². The largest absolute Gasteiger partial charge is 1.00 e. The van der Waals surface area contributed by atoms with Crippen LogP contribution in [-0.2, 0) is 6.54 Å². The molecule has 0 saturated heterocycles. The van der Waals surface area contributed by atoms with Crippen molar-refractivity contribution < 1.29 is 25.9 Å². The lowest BCUT2D eigenvalue weighted by Gasteiger charge is -1.99. The molecule has 0 fully saturated rings. The number of halogens is 2. The first kappa shape index (κ1) is 16.7. The van der Waals surface area contributed by atoms with Gasteiger partial charge in [0.1, 0.15) is 10.8 Å². The number of aromatic nitrogens is 2. The van der Waals surface area contributed by atoms with Crippen LogP contribution < -0.4 is 21.5 Å². The summed E-state index contributed by atoms with van der Waals surface area (Å²) in [6.45, 7) is 0.651. The Labute approximate surface area is 154 Å². The van der Waals surface area contributed by atoms with Crippen molar-refractivity contribution in [2.45, 2.75) is 6.54 Å². The van der Waals surface area contributed by atoms with Crippen molar-refractivity contribution in [3.05, 3.63) is 84.4 Å². The molecule has 0 spiro atoms. The van der Waals surface area contributed by atoms with E-state index in [1.807, 2.05) is 41.2 Å². The summed E-state index contributed by atoms with van der Waals surface area (Å²) in [4.78, 5) is 4.67. The molecule has 0 aliphatic carbocycles. The zero-order valence-electron chi connectivity index (χ0n) is 12.7. The standard InChI is InChI=1S/C19H14FN2S.BrH/c20-16-5-3-4-14(12-16)13-22-10-8-15(9-11-22)19-21-17-6-1-2-7-18(17)23-19;/h1-12H,13H2;1H/q+1;/p-1. The molecule has 5 heteroatoms. The third-order valence-electron chi connectivity index (χ3n) is 3.69. The van der Waals surface area contributed by atoms with Gasteiger partial charge in [-0.1, -0.05) is 24.3 Å². The van der Waals surface area contributed by atoms with Crippen molar-refractivity contribution in [3.63, 3.8) is 0 Å². The van der Waals surface area contributed by atoms with E-state index in [1.54, 1.807) is 23.5 Å². The third-order valence-corrected chi connectivity index (χ3v) is 4.77. The van der Waals surface area contributed by atoms with Crippen LogP contribution in [0.2, 0.25) is 0 Å². The Morgan fingerprint density at radius 1 is 0.958 bits per heavy atom. The molecule has 0 N–H and O–H groups in total. The minimum absolute atomic E-state index is 0. The molecule has 2 aromatic carbocycles. The minimum atomic E-state index is -0.200. The maximum absolute atomic E-state index is 13.2. The van der Waals surface area contributed by atoms with Crippen molar-refractivity contribution in [2.24, 2.45) is 0 Å². The normalized spacial score (nSPS) is 10.5. The van der Waals surface area contributed by atoms with Gasteiger partial charge in [0, 0.05) is 23.3 Å². The topological polar surface area (TPSA) is 16.8 Å². The van der Waals surface area contributed by atoms with Crippen molar-refractivity contribution >= 4 is 21.6 Å². The molecule has 0 aliphatic heterocycles. The molecule has 4 rings (SSSR count). The number of nitrogens with zero attached hydrogens (tertiary/aromatic N) is 2. The lowest BCUT2D eigenvalue weighted by atomic mass is 10.2. The summed E-state index contributed by atoms with van der Waals surface area (Å²) in [6, 6.07) is 18.9. The van der Waals surface area contributed by atoms with Gasteiger partial charge in [0.05, 0.1) is 10.2 Å². The van der Waals surface area contributed by atoms with E-state index in [2.05, 4.69) is 23.2 Å². The van der Waals surface area contributed by atoms with Gasteiger partial charge in [0.2, 0.25) is 0 Å². The van der Waals surface area contributed by atoms with E-state index in [9.17, 15) is 4.39 Å². The molecular formula is C19H14BrFN2S. The number of hydrogen-bond donors (Lipinski definition) is 0. The van der Waals surface area contributed by atoms with Crippen LogP contribution in [0.15, 0.2) is 73.1 Å². The third kappa shape index (κ3) is 3.52. The van der Waals surface area contributed by atoms with E-state index in [-0.39, 0.29) is 22.8 Å². The summed E-state index contributed by atoms with van der Waals surface area (Å²) in [5.74, 6) is -0.200. The van der Waals surface area contributed by atoms with Crippen LogP contribution in [0.5, 0.6) is 0 Å². The summed E-state index contributed by atoms with van der Waals surface area (Å²) in [6.07, 6.45) is 4.01. The van der Waals surface area contributed by atoms with Gasteiger partial charge in [-0.3, -0.25) is 0 Å². The van der Waals surface area contributed by atoms with E-state index in [4.69, 9.17) is 0 Å². The maximum atomic E-state index is 13.2. The molecule has 2 nitrogen and oxygen atoms in total. The van der Waals surface area contributed by atoms with Gasteiger partial charge in [0.25, 0.3) is 0 Å². The van der Waals surface area contributed by atoms with Gasteiger partial charge in [0.15, 0.2) is 18.9 Å². The summed E-state index contributed by atoms with van der Waals surface area (Å²) in [7, 11) is 0. The van der Waals surface area contributed by atoms with Crippen LogP contribution in [0.4, 0.5) is 4.39 Å². The van der Waals surface area contributed by atoms with E-state index >= 15 is 0 Å². The summed E-state index contributed by atoms with van der Waals surface area (Å²) < 4.78 is 16.5. The number of thiazole rings is 1. The zero-order valence-corrected chi connectivity index (χ0v) is 15.1. The molecule has 0 radical (unpaired) electrons. The molecule has 120 valence electrons. The lowest BCUT2D eigenvalue weighted by Crippen LogP contribution is -3.00. The van der Waals surface area contributed by atoms with Gasteiger partial charge in [-0.15, -0.1) is 11.3 Å². The van der Waals surface area contributed by atoms with Crippen molar-refractivity contribution in [2.75, 3.05) is 0 Å². The Morgan fingerprint density at radius 2 is 1.75 bits per heavy atom. The van der Waals surface area contributed by atoms with Crippen LogP contribution in [-0.4, -0.2) is 4.98 Å². The highest BCUT2D eigenvalue weighted by atomic mass is 79.9. The first-order valence-corrected chi connectivity index (χ1v) is 8.19. The number of pyridine rings is 1. The first-order valence-electron chi connectivity index (χ1n) is 7.37. The fourth-order valence-corrected chi connectivity index (χ4v) is 3.52. The predicted molar refractivity (Wildman–Crippen MR) is 90.8 cm³/mol. The Morgan fingerprint density at radius 3 is 2.50 bits per heavy atom. The van der Waals surface area contributed by atoms with Gasteiger partial charge in [-0.05, 0) is 24.3 Å². The second-order valence-electron chi connectivity index (χ2n) is 5.38. The molecule has 24 heavy (non-hydrogen) atoms. The van der Waals surface area contributed by atoms with Crippen LogP contribution in [0.3, 0.4) is 0 Å². The first-order chi connectivity index (χ1) is 11.3. The van der Waals surface area contributed by atoms with Crippen molar-refractivity contribution in [1.29, 1.82) is 0 Å². The molecular weight excluding hydrogens is 387 g/mol. The average molecular weight is 401 g/mol. The molecule has 0 saturated carbocycles. The second-order valence-corrected chi connectivity index (χ2v) is 6.41. The Bertz CT molecular complexity index is 933. The summed E-state index contributed by atoms with van der Waals surface area (Å²) in [5, 5.41) is 1.02. The van der Waals surface area contributed by atoms with Gasteiger partial charge >= 0.3 is 0 Å².